The second-order valence-corrected chi connectivity index (χ2v) is 5.76. The van der Waals surface area contributed by atoms with E-state index < -0.39 is 0 Å². The lowest BCUT2D eigenvalue weighted by Gasteiger charge is -2.22. The average Bonchev–Trinajstić information content (AvgIpc) is 3.21. The molecule has 1 fully saturated rings. The van der Waals surface area contributed by atoms with Crippen LogP contribution in [0.4, 0.5) is 5.69 Å². The number of nitrogens with two attached hydrogens (primary N) is 1. The number of aromatic nitrogens is 2. The quantitative estimate of drug-likeness (QED) is 0.935. The third-order valence-electron chi connectivity index (χ3n) is 3.74. The number of anilines is 1. The molecule has 1 aliphatic carbocycles. The zero-order valence-electron chi connectivity index (χ0n) is 12.4. The number of hydrogen-bond donors (Lipinski definition) is 1. The molecule has 5 heteroatoms. The van der Waals surface area contributed by atoms with Crippen molar-refractivity contribution in [2.75, 3.05) is 5.73 Å². The van der Waals surface area contributed by atoms with Gasteiger partial charge in [0.15, 0.2) is 5.69 Å². The number of amides is 1. The van der Waals surface area contributed by atoms with Gasteiger partial charge in [-0.15, -0.1) is 0 Å². The maximum Gasteiger partial charge on any atom is 0.277 e. The third-order valence-corrected chi connectivity index (χ3v) is 3.74. The Balaban J connectivity index is 1.85. The van der Waals surface area contributed by atoms with E-state index in [2.05, 4.69) is 30.2 Å². The van der Waals surface area contributed by atoms with Gasteiger partial charge in [0, 0.05) is 25.8 Å². The highest BCUT2D eigenvalue weighted by molar-refractivity contribution is 5.97. The van der Waals surface area contributed by atoms with E-state index in [0.717, 1.165) is 18.4 Å². The Morgan fingerprint density at radius 2 is 2.24 bits per heavy atom. The van der Waals surface area contributed by atoms with Crippen LogP contribution in [-0.2, 0) is 13.6 Å². The molecule has 0 radical (unpaired) electrons. The van der Waals surface area contributed by atoms with Crippen LogP contribution < -0.4 is 5.73 Å². The van der Waals surface area contributed by atoms with Crippen molar-refractivity contribution in [2.24, 2.45) is 7.05 Å². The maximum absolute atomic E-state index is 12.7. The standard InChI is InChI=1S/C16H20N4O/c1-11-4-3-5-12(8-11)9-20(13-6-7-13)16(21)15-14(17)10-19(2)18-15/h3-5,8,10,13H,6-7,9,17H2,1-2H3. The normalized spacial score (nSPS) is 14.2. The van der Waals surface area contributed by atoms with Crippen LogP contribution in [-0.4, -0.2) is 26.6 Å². The summed E-state index contributed by atoms with van der Waals surface area (Å²) < 4.78 is 1.58. The predicted molar refractivity (Wildman–Crippen MR) is 81.7 cm³/mol. The number of rotatable bonds is 4. The highest BCUT2D eigenvalue weighted by atomic mass is 16.2. The van der Waals surface area contributed by atoms with Crippen LogP contribution in [0.15, 0.2) is 30.5 Å². The van der Waals surface area contributed by atoms with Gasteiger partial charge in [-0.25, -0.2) is 0 Å². The summed E-state index contributed by atoms with van der Waals surface area (Å²) in [6.45, 7) is 2.67. The summed E-state index contributed by atoms with van der Waals surface area (Å²) in [5.74, 6) is -0.0721. The Morgan fingerprint density at radius 1 is 1.48 bits per heavy atom. The van der Waals surface area contributed by atoms with Crippen LogP contribution in [0.25, 0.3) is 0 Å². The van der Waals surface area contributed by atoms with Gasteiger partial charge in [0.1, 0.15) is 0 Å². The predicted octanol–water partition coefficient (Wildman–Crippen LogP) is 2.12. The monoisotopic (exact) mass is 284 g/mol. The summed E-state index contributed by atoms with van der Waals surface area (Å²) in [4.78, 5) is 14.6. The van der Waals surface area contributed by atoms with Crippen molar-refractivity contribution in [3.63, 3.8) is 0 Å². The van der Waals surface area contributed by atoms with Gasteiger partial charge >= 0.3 is 0 Å². The Hall–Kier alpha value is -2.30. The molecule has 0 aliphatic heterocycles. The number of carbonyl (C=O) groups is 1. The molecule has 21 heavy (non-hydrogen) atoms. The number of nitrogen functional groups attached to an aromatic ring is 1. The fourth-order valence-electron chi connectivity index (χ4n) is 2.57. The van der Waals surface area contributed by atoms with Gasteiger partial charge in [0.2, 0.25) is 0 Å². The molecule has 1 aromatic heterocycles. The van der Waals surface area contributed by atoms with Crippen LogP contribution in [0.3, 0.4) is 0 Å². The fourth-order valence-corrected chi connectivity index (χ4v) is 2.57. The first-order valence-corrected chi connectivity index (χ1v) is 7.20. The first kappa shape index (κ1) is 13.7. The molecule has 1 amide bonds. The second-order valence-electron chi connectivity index (χ2n) is 5.76. The van der Waals surface area contributed by atoms with E-state index in [9.17, 15) is 4.79 Å². The molecule has 1 aliphatic rings. The van der Waals surface area contributed by atoms with Crippen LogP contribution >= 0.6 is 0 Å². The van der Waals surface area contributed by atoms with Gasteiger partial charge in [0.25, 0.3) is 5.91 Å². The summed E-state index contributed by atoms with van der Waals surface area (Å²) in [6.07, 6.45) is 3.79. The molecule has 0 unspecified atom stereocenters. The minimum absolute atomic E-state index is 0.0721. The Kier molecular flexibility index (Phi) is 3.41. The smallest absolute Gasteiger partial charge is 0.277 e. The van der Waals surface area contributed by atoms with Gasteiger partial charge in [-0.2, -0.15) is 5.10 Å². The maximum atomic E-state index is 12.7. The highest BCUT2D eigenvalue weighted by Gasteiger charge is 2.34. The van der Waals surface area contributed by atoms with Crippen molar-refractivity contribution >= 4 is 11.6 Å². The lowest BCUT2D eigenvalue weighted by molar-refractivity contribution is 0.0724. The van der Waals surface area contributed by atoms with E-state index in [-0.39, 0.29) is 5.91 Å². The Labute approximate surface area is 124 Å². The van der Waals surface area contributed by atoms with Crippen LogP contribution in [0.1, 0.15) is 34.5 Å². The number of nitrogens with zero attached hydrogens (tertiary/aromatic N) is 3. The van der Waals surface area contributed by atoms with Crippen LogP contribution in [0.5, 0.6) is 0 Å². The minimum atomic E-state index is -0.0721. The van der Waals surface area contributed by atoms with E-state index in [1.165, 1.54) is 5.56 Å². The summed E-state index contributed by atoms with van der Waals surface area (Å²) in [5.41, 5.74) is 9.03. The molecule has 0 spiro atoms. The molecule has 0 bridgehead atoms. The molecule has 110 valence electrons. The fraction of sp³-hybridized carbons (Fsp3) is 0.375. The van der Waals surface area contributed by atoms with Crippen molar-refractivity contribution in [1.29, 1.82) is 0 Å². The van der Waals surface area contributed by atoms with Crippen molar-refractivity contribution in [2.45, 2.75) is 32.4 Å². The SMILES string of the molecule is Cc1cccc(CN(C(=O)c2nn(C)cc2N)C2CC2)c1. The molecule has 5 nitrogen and oxygen atoms in total. The van der Waals surface area contributed by atoms with Gasteiger partial charge in [0.05, 0.1) is 5.69 Å². The molecule has 1 heterocycles. The van der Waals surface area contributed by atoms with Crippen molar-refractivity contribution in [3.05, 3.63) is 47.3 Å². The molecule has 3 rings (SSSR count). The van der Waals surface area contributed by atoms with Crippen molar-refractivity contribution in [3.8, 4) is 0 Å². The number of hydrogen-bond acceptors (Lipinski definition) is 3. The largest absolute Gasteiger partial charge is 0.396 e. The van der Waals surface area contributed by atoms with Crippen molar-refractivity contribution < 1.29 is 4.79 Å². The van der Waals surface area contributed by atoms with E-state index in [0.29, 0.717) is 24.0 Å². The Morgan fingerprint density at radius 3 is 2.81 bits per heavy atom. The highest BCUT2D eigenvalue weighted by Crippen LogP contribution is 2.30. The lowest BCUT2D eigenvalue weighted by atomic mass is 10.1. The van der Waals surface area contributed by atoms with E-state index in [1.807, 2.05) is 11.0 Å². The summed E-state index contributed by atoms with van der Waals surface area (Å²) >= 11 is 0. The average molecular weight is 284 g/mol. The number of benzene rings is 1. The zero-order valence-corrected chi connectivity index (χ0v) is 12.4. The molecular formula is C16H20N4O. The number of aryl methyl sites for hydroxylation is 2. The molecular weight excluding hydrogens is 264 g/mol. The molecule has 0 saturated heterocycles. The molecule has 2 N–H and O–H groups in total. The summed E-state index contributed by atoms with van der Waals surface area (Å²) in [7, 11) is 1.77. The molecule has 1 saturated carbocycles. The van der Waals surface area contributed by atoms with Crippen molar-refractivity contribution in [1.82, 2.24) is 14.7 Å². The zero-order chi connectivity index (χ0) is 15.0. The second kappa shape index (κ2) is 5.24. The first-order valence-electron chi connectivity index (χ1n) is 7.20. The van der Waals surface area contributed by atoms with Crippen LogP contribution in [0, 0.1) is 6.92 Å². The summed E-state index contributed by atoms with van der Waals surface area (Å²) in [6, 6.07) is 8.57. The third kappa shape index (κ3) is 2.91. The van der Waals surface area contributed by atoms with Crippen LogP contribution in [0.2, 0.25) is 0 Å². The van der Waals surface area contributed by atoms with Gasteiger partial charge in [-0.1, -0.05) is 29.8 Å². The molecule has 0 atom stereocenters. The lowest BCUT2D eigenvalue weighted by Crippen LogP contribution is -2.33. The molecule has 2 aromatic rings. The van der Waals surface area contributed by atoms with E-state index >= 15 is 0 Å². The molecule has 1 aromatic carbocycles. The van der Waals surface area contributed by atoms with E-state index in [1.54, 1.807) is 17.9 Å². The Bertz CT molecular complexity index is 673. The van der Waals surface area contributed by atoms with Gasteiger partial charge in [-0.05, 0) is 25.3 Å². The number of carbonyl (C=O) groups excluding carboxylic acids is 1. The first-order chi connectivity index (χ1) is 10.0. The minimum Gasteiger partial charge on any atom is -0.396 e. The topological polar surface area (TPSA) is 64.2 Å². The summed E-state index contributed by atoms with van der Waals surface area (Å²) in [5, 5.41) is 4.20. The van der Waals surface area contributed by atoms with Gasteiger partial charge < -0.3 is 10.6 Å². The van der Waals surface area contributed by atoms with E-state index in [4.69, 9.17) is 5.73 Å². The van der Waals surface area contributed by atoms with Gasteiger partial charge in [-0.3, -0.25) is 9.48 Å².